The normalized spacial score (nSPS) is 22.8. The fourth-order valence-corrected chi connectivity index (χ4v) is 3.47. The predicted octanol–water partition coefficient (Wildman–Crippen LogP) is 0.835. The summed E-state index contributed by atoms with van der Waals surface area (Å²) in [6.07, 6.45) is 1.12. The number of likely N-dealkylation sites (N-methyl/N-ethyl adjacent to an activating group) is 1. The van der Waals surface area contributed by atoms with Crippen molar-refractivity contribution in [2.75, 3.05) is 33.0 Å². The Labute approximate surface area is 135 Å². The highest BCUT2D eigenvalue weighted by Crippen LogP contribution is 2.22. The van der Waals surface area contributed by atoms with E-state index in [9.17, 15) is 17.6 Å². The van der Waals surface area contributed by atoms with Crippen LogP contribution in [0.4, 0.5) is 4.39 Å². The zero-order valence-corrected chi connectivity index (χ0v) is 14.3. The first-order valence-electron chi connectivity index (χ1n) is 7.21. The lowest BCUT2D eigenvalue weighted by Crippen LogP contribution is -2.59. The SMILES string of the molecule is CN(Cc1ccc(F)cc1)C(=O)[C@]1(C)CN(S(C)(=O)=O)CCO1. The number of sulfonamides is 1. The highest BCUT2D eigenvalue weighted by atomic mass is 32.2. The van der Waals surface area contributed by atoms with Gasteiger partial charge < -0.3 is 9.64 Å². The summed E-state index contributed by atoms with van der Waals surface area (Å²) >= 11 is 0. The van der Waals surface area contributed by atoms with Crippen molar-refractivity contribution in [1.82, 2.24) is 9.21 Å². The van der Waals surface area contributed by atoms with Gasteiger partial charge in [0, 0.05) is 20.1 Å². The van der Waals surface area contributed by atoms with Crippen LogP contribution in [0.2, 0.25) is 0 Å². The summed E-state index contributed by atoms with van der Waals surface area (Å²) in [6, 6.07) is 5.87. The third-order valence-electron chi connectivity index (χ3n) is 3.84. The van der Waals surface area contributed by atoms with Gasteiger partial charge >= 0.3 is 0 Å². The van der Waals surface area contributed by atoms with Gasteiger partial charge in [0.2, 0.25) is 10.0 Å². The summed E-state index contributed by atoms with van der Waals surface area (Å²) in [4.78, 5) is 14.1. The lowest BCUT2D eigenvalue weighted by molar-refractivity contribution is -0.162. The van der Waals surface area contributed by atoms with Crippen LogP contribution < -0.4 is 0 Å². The Morgan fingerprint density at radius 2 is 2.00 bits per heavy atom. The van der Waals surface area contributed by atoms with E-state index in [1.54, 1.807) is 26.1 Å². The quantitative estimate of drug-likeness (QED) is 0.812. The smallest absolute Gasteiger partial charge is 0.255 e. The number of morpholine rings is 1. The van der Waals surface area contributed by atoms with Crippen LogP contribution in [0.1, 0.15) is 12.5 Å². The van der Waals surface area contributed by atoms with Gasteiger partial charge in [-0.25, -0.2) is 12.8 Å². The second-order valence-corrected chi connectivity index (χ2v) is 7.95. The van der Waals surface area contributed by atoms with E-state index in [-0.39, 0.29) is 38.0 Å². The number of benzene rings is 1. The van der Waals surface area contributed by atoms with Gasteiger partial charge in [-0.1, -0.05) is 12.1 Å². The molecule has 0 radical (unpaired) electrons. The predicted molar refractivity (Wildman–Crippen MR) is 83.6 cm³/mol. The van der Waals surface area contributed by atoms with Gasteiger partial charge in [0.25, 0.3) is 5.91 Å². The molecule has 0 N–H and O–H groups in total. The molecule has 1 aromatic rings. The molecule has 0 saturated carbocycles. The molecule has 0 aliphatic carbocycles. The number of carbonyl (C=O) groups excluding carboxylic acids is 1. The number of rotatable bonds is 4. The maximum atomic E-state index is 12.9. The summed E-state index contributed by atoms with van der Waals surface area (Å²) in [6.45, 7) is 2.27. The number of halogens is 1. The number of nitrogens with zero attached hydrogens (tertiary/aromatic N) is 2. The number of hydrogen-bond acceptors (Lipinski definition) is 4. The topological polar surface area (TPSA) is 66.9 Å². The lowest BCUT2D eigenvalue weighted by Gasteiger charge is -2.40. The van der Waals surface area contributed by atoms with Crippen LogP contribution in [-0.4, -0.2) is 62.1 Å². The molecule has 1 heterocycles. The standard InChI is InChI=1S/C15H21FN2O4S/c1-15(11-18(8-9-22-15)23(3,20)21)14(19)17(2)10-12-4-6-13(16)7-5-12/h4-7H,8-11H2,1-3H3/t15-/m0/s1. The Bertz CT molecular complexity index is 677. The minimum absolute atomic E-state index is 0.0155. The molecule has 1 fully saturated rings. The van der Waals surface area contributed by atoms with Gasteiger partial charge in [-0.15, -0.1) is 0 Å². The molecule has 128 valence electrons. The van der Waals surface area contributed by atoms with Gasteiger partial charge in [-0.3, -0.25) is 4.79 Å². The van der Waals surface area contributed by atoms with Gasteiger partial charge in [-0.05, 0) is 24.6 Å². The fourth-order valence-electron chi connectivity index (χ4n) is 2.59. The Morgan fingerprint density at radius 3 is 2.57 bits per heavy atom. The van der Waals surface area contributed by atoms with Gasteiger partial charge in [-0.2, -0.15) is 4.31 Å². The van der Waals surface area contributed by atoms with Crippen molar-refractivity contribution >= 4 is 15.9 Å². The Morgan fingerprint density at radius 1 is 1.39 bits per heavy atom. The average Bonchev–Trinajstić information content (AvgIpc) is 2.48. The maximum Gasteiger partial charge on any atom is 0.255 e. The summed E-state index contributed by atoms with van der Waals surface area (Å²) < 4.78 is 43.1. The number of hydrogen-bond donors (Lipinski definition) is 0. The van der Waals surface area contributed by atoms with E-state index in [1.807, 2.05) is 0 Å². The molecule has 1 aromatic carbocycles. The zero-order valence-electron chi connectivity index (χ0n) is 13.5. The second kappa shape index (κ2) is 6.54. The Balaban J connectivity index is 2.09. The average molecular weight is 344 g/mol. The van der Waals surface area contributed by atoms with Gasteiger partial charge in [0.15, 0.2) is 5.60 Å². The van der Waals surface area contributed by atoms with Crippen molar-refractivity contribution in [1.29, 1.82) is 0 Å². The van der Waals surface area contributed by atoms with E-state index in [0.29, 0.717) is 0 Å². The van der Waals surface area contributed by atoms with E-state index in [4.69, 9.17) is 4.74 Å². The molecular formula is C15H21FN2O4S. The molecule has 1 saturated heterocycles. The van der Waals surface area contributed by atoms with Gasteiger partial charge in [0.1, 0.15) is 5.82 Å². The summed E-state index contributed by atoms with van der Waals surface area (Å²) in [5.74, 6) is -0.649. The molecule has 1 atom stereocenters. The molecular weight excluding hydrogens is 323 g/mol. The van der Waals surface area contributed by atoms with Crippen LogP contribution in [0.3, 0.4) is 0 Å². The third-order valence-corrected chi connectivity index (χ3v) is 5.09. The molecule has 1 aliphatic heterocycles. The Kier molecular flexibility index (Phi) is 5.07. The molecule has 1 amide bonds. The van der Waals surface area contributed by atoms with Crippen molar-refractivity contribution in [3.05, 3.63) is 35.6 Å². The first-order chi connectivity index (χ1) is 10.6. The van der Waals surface area contributed by atoms with Crippen LogP contribution in [-0.2, 0) is 26.1 Å². The third kappa shape index (κ3) is 4.27. The van der Waals surface area contributed by atoms with E-state index in [1.165, 1.54) is 21.3 Å². The van der Waals surface area contributed by atoms with E-state index < -0.39 is 15.6 Å². The Hall–Kier alpha value is -1.51. The van der Waals surface area contributed by atoms with E-state index in [0.717, 1.165) is 11.8 Å². The molecule has 2 rings (SSSR count). The van der Waals surface area contributed by atoms with Crippen molar-refractivity contribution in [2.45, 2.75) is 19.1 Å². The van der Waals surface area contributed by atoms with Crippen LogP contribution in [0.25, 0.3) is 0 Å². The van der Waals surface area contributed by atoms with E-state index >= 15 is 0 Å². The zero-order chi connectivity index (χ0) is 17.3. The highest BCUT2D eigenvalue weighted by molar-refractivity contribution is 7.88. The lowest BCUT2D eigenvalue weighted by atomic mass is 10.0. The molecule has 23 heavy (non-hydrogen) atoms. The molecule has 1 aliphatic rings. The molecule has 6 nitrogen and oxygen atoms in total. The fraction of sp³-hybridized carbons (Fsp3) is 0.533. The minimum atomic E-state index is -3.38. The van der Waals surface area contributed by atoms with Crippen LogP contribution >= 0.6 is 0 Å². The molecule has 0 bridgehead atoms. The summed E-state index contributed by atoms with van der Waals surface area (Å²) in [7, 11) is -1.77. The molecule has 0 aromatic heterocycles. The van der Waals surface area contributed by atoms with Crippen molar-refractivity contribution in [3.8, 4) is 0 Å². The minimum Gasteiger partial charge on any atom is -0.363 e. The van der Waals surface area contributed by atoms with E-state index in [2.05, 4.69) is 0 Å². The monoisotopic (exact) mass is 344 g/mol. The molecule has 8 heteroatoms. The van der Waals surface area contributed by atoms with Crippen molar-refractivity contribution in [2.24, 2.45) is 0 Å². The first kappa shape index (κ1) is 17.8. The number of carbonyl (C=O) groups is 1. The molecule has 0 unspecified atom stereocenters. The van der Waals surface area contributed by atoms with Crippen LogP contribution in [0.5, 0.6) is 0 Å². The number of amides is 1. The summed E-state index contributed by atoms with van der Waals surface area (Å²) in [5.41, 5.74) is -0.447. The van der Waals surface area contributed by atoms with Crippen LogP contribution in [0.15, 0.2) is 24.3 Å². The van der Waals surface area contributed by atoms with Gasteiger partial charge in [0.05, 0.1) is 19.4 Å². The van der Waals surface area contributed by atoms with Crippen molar-refractivity contribution < 1.29 is 22.3 Å². The highest BCUT2D eigenvalue weighted by Gasteiger charge is 2.43. The number of ether oxygens (including phenoxy) is 1. The first-order valence-corrected chi connectivity index (χ1v) is 9.06. The van der Waals surface area contributed by atoms with Crippen LogP contribution in [0, 0.1) is 5.82 Å². The second-order valence-electron chi connectivity index (χ2n) is 5.96. The summed E-state index contributed by atoms with van der Waals surface area (Å²) in [5, 5.41) is 0. The molecule has 0 spiro atoms. The van der Waals surface area contributed by atoms with Crippen molar-refractivity contribution in [3.63, 3.8) is 0 Å². The largest absolute Gasteiger partial charge is 0.363 e. The maximum absolute atomic E-state index is 12.9.